The van der Waals surface area contributed by atoms with Crippen LogP contribution in [0.4, 0.5) is 13.2 Å². The van der Waals surface area contributed by atoms with Crippen LogP contribution < -0.4 is 10.3 Å². The molecule has 8 nitrogen and oxygen atoms in total. The fraction of sp³-hybridized carbons (Fsp3) is 0.444. The van der Waals surface area contributed by atoms with Crippen molar-refractivity contribution in [1.29, 1.82) is 0 Å². The van der Waals surface area contributed by atoms with Crippen molar-refractivity contribution in [1.82, 2.24) is 29.4 Å². The van der Waals surface area contributed by atoms with Gasteiger partial charge in [0.05, 0.1) is 11.7 Å². The van der Waals surface area contributed by atoms with Crippen molar-refractivity contribution in [2.45, 2.75) is 25.1 Å². The van der Waals surface area contributed by atoms with E-state index >= 15 is 0 Å². The number of ether oxygens (including phenoxy) is 1. The Kier molecular flexibility index (Phi) is 4.99. The van der Waals surface area contributed by atoms with Gasteiger partial charge in [-0.05, 0) is 32.5 Å². The number of rotatable bonds is 4. The molecule has 1 N–H and O–H groups in total. The highest BCUT2D eigenvalue weighted by Gasteiger charge is 2.29. The maximum Gasteiger partial charge on any atom is 0.422 e. The number of aromatic nitrogens is 5. The molecule has 1 aliphatic rings. The second-order valence-electron chi connectivity index (χ2n) is 7.10. The fourth-order valence-corrected chi connectivity index (χ4v) is 3.49. The third-order valence-electron chi connectivity index (χ3n) is 4.84. The normalized spacial score (nSPS) is 18.3. The molecule has 1 fully saturated rings. The largest absolute Gasteiger partial charge is 0.455 e. The van der Waals surface area contributed by atoms with Crippen LogP contribution in [0, 0.1) is 0 Å². The summed E-state index contributed by atoms with van der Waals surface area (Å²) in [6.07, 6.45) is 2.53. The molecule has 29 heavy (non-hydrogen) atoms. The van der Waals surface area contributed by atoms with Crippen LogP contribution in [0.3, 0.4) is 0 Å². The van der Waals surface area contributed by atoms with Gasteiger partial charge >= 0.3 is 6.18 Å². The molecule has 4 rings (SSSR count). The number of halogens is 3. The summed E-state index contributed by atoms with van der Waals surface area (Å²) in [6, 6.07) is 1.21. The van der Waals surface area contributed by atoms with Gasteiger partial charge in [-0.15, -0.1) is 0 Å². The molecule has 1 atom stereocenters. The van der Waals surface area contributed by atoms with Crippen LogP contribution in [0.2, 0.25) is 0 Å². The number of aromatic amines is 1. The zero-order chi connectivity index (χ0) is 20.6. The number of alkyl halides is 3. The van der Waals surface area contributed by atoms with E-state index in [2.05, 4.69) is 36.6 Å². The van der Waals surface area contributed by atoms with Crippen LogP contribution in [0.15, 0.2) is 29.6 Å². The highest BCUT2D eigenvalue weighted by molar-refractivity contribution is 5.89. The van der Waals surface area contributed by atoms with Gasteiger partial charge in [-0.1, -0.05) is 0 Å². The van der Waals surface area contributed by atoms with E-state index in [1.54, 1.807) is 6.33 Å². The molecular weight excluding hydrogens is 389 g/mol. The topological polar surface area (TPSA) is 88.9 Å². The molecule has 1 saturated heterocycles. The molecule has 0 amide bonds. The highest BCUT2D eigenvalue weighted by Crippen LogP contribution is 2.26. The van der Waals surface area contributed by atoms with Gasteiger partial charge in [0.2, 0.25) is 0 Å². The first kappa shape index (κ1) is 19.4. The molecule has 1 aliphatic heterocycles. The first-order valence-corrected chi connectivity index (χ1v) is 9.11. The molecule has 0 bridgehead atoms. The predicted molar refractivity (Wildman–Crippen MR) is 98.7 cm³/mol. The Morgan fingerprint density at radius 1 is 1.34 bits per heavy atom. The molecule has 3 aromatic heterocycles. The minimum Gasteiger partial charge on any atom is -0.455 e. The maximum absolute atomic E-state index is 12.4. The number of nitrogens with zero attached hydrogens (tertiary/aromatic N) is 5. The Bertz CT molecular complexity index is 1080. The highest BCUT2D eigenvalue weighted by atomic mass is 19.4. The first-order valence-electron chi connectivity index (χ1n) is 9.11. The lowest BCUT2D eigenvalue weighted by atomic mass is 10.1. The summed E-state index contributed by atoms with van der Waals surface area (Å²) in [7, 11) is 2.06. The molecule has 154 valence electrons. The van der Waals surface area contributed by atoms with Crippen LogP contribution in [0.25, 0.3) is 22.3 Å². The lowest BCUT2D eigenvalue weighted by molar-refractivity contribution is -0.154. The van der Waals surface area contributed by atoms with E-state index in [4.69, 9.17) is 0 Å². The van der Waals surface area contributed by atoms with Crippen molar-refractivity contribution >= 4 is 10.9 Å². The van der Waals surface area contributed by atoms with Crippen LogP contribution in [-0.4, -0.2) is 62.3 Å². The Balaban J connectivity index is 1.70. The van der Waals surface area contributed by atoms with Crippen molar-refractivity contribution in [2.24, 2.45) is 0 Å². The summed E-state index contributed by atoms with van der Waals surface area (Å²) in [5.74, 6) is 0. The number of piperidine rings is 1. The van der Waals surface area contributed by atoms with Gasteiger partial charge < -0.3 is 14.2 Å². The minimum atomic E-state index is -4.54. The SMILES string of the molecule is CN1CCCC(n2cnc(-c3nccc4c(=O)[nH]c(OCC(F)(F)F)nc34)c2)C1. The standard InChI is InChI=1S/C18H19F3N6O2/c1-26-6-2-3-11(7-26)27-8-13(23-10-27)15-14-12(4-5-22-15)16(28)25-17(24-14)29-9-18(19,20)21/h4-5,8,10-11H,2-3,6-7,9H2,1H3,(H,24,25,28). The quantitative estimate of drug-likeness (QED) is 0.713. The summed E-state index contributed by atoms with van der Waals surface area (Å²) >= 11 is 0. The molecule has 0 aromatic carbocycles. The zero-order valence-corrected chi connectivity index (χ0v) is 15.6. The summed E-state index contributed by atoms with van der Waals surface area (Å²) in [4.78, 5) is 29.4. The second-order valence-corrected chi connectivity index (χ2v) is 7.10. The molecular formula is C18H19F3N6O2. The van der Waals surface area contributed by atoms with Gasteiger partial charge in [0, 0.05) is 25.0 Å². The van der Waals surface area contributed by atoms with E-state index < -0.39 is 24.4 Å². The Hall–Kier alpha value is -2.95. The van der Waals surface area contributed by atoms with Crippen molar-refractivity contribution in [3.63, 3.8) is 0 Å². The molecule has 4 heterocycles. The van der Waals surface area contributed by atoms with Crippen molar-refractivity contribution in [3.05, 3.63) is 35.1 Å². The number of fused-ring (bicyclic) bond motifs is 1. The van der Waals surface area contributed by atoms with E-state index in [1.807, 2.05) is 10.8 Å². The second kappa shape index (κ2) is 7.47. The zero-order valence-electron chi connectivity index (χ0n) is 15.6. The Labute approximate surface area is 163 Å². The van der Waals surface area contributed by atoms with E-state index in [0.717, 1.165) is 25.9 Å². The van der Waals surface area contributed by atoms with Crippen LogP contribution in [0.5, 0.6) is 6.01 Å². The van der Waals surface area contributed by atoms with Crippen LogP contribution >= 0.6 is 0 Å². The molecule has 11 heteroatoms. The number of hydrogen-bond donors (Lipinski definition) is 1. The first-order chi connectivity index (χ1) is 13.8. The third kappa shape index (κ3) is 4.24. The monoisotopic (exact) mass is 408 g/mol. The summed E-state index contributed by atoms with van der Waals surface area (Å²) < 4.78 is 43.9. The van der Waals surface area contributed by atoms with E-state index in [-0.39, 0.29) is 16.9 Å². The lowest BCUT2D eigenvalue weighted by Gasteiger charge is -2.30. The van der Waals surface area contributed by atoms with Crippen molar-refractivity contribution < 1.29 is 17.9 Å². The lowest BCUT2D eigenvalue weighted by Crippen LogP contribution is -2.33. The van der Waals surface area contributed by atoms with Crippen LogP contribution in [-0.2, 0) is 0 Å². The van der Waals surface area contributed by atoms with Crippen molar-refractivity contribution in [2.75, 3.05) is 26.7 Å². The molecule has 3 aromatic rings. The molecule has 0 spiro atoms. The minimum absolute atomic E-state index is 0.138. The summed E-state index contributed by atoms with van der Waals surface area (Å²) in [5.41, 5.74) is 0.334. The van der Waals surface area contributed by atoms with Gasteiger partial charge in [-0.2, -0.15) is 18.2 Å². The predicted octanol–water partition coefficient (Wildman–Crippen LogP) is 2.39. The van der Waals surface area contributed by atoms with Gasteiger partial charge in [-0.25, -0.2) is 4.98 Å². The number of H-pyrrole nitrogens is 1. The number of imidazole rings is 1. The summed E-state index contributed by atoms with van der Waals surface area (Å²) in [5, 5.41) is 0.196. The number of likely N-dealkylation sites (tertiary alicyclic amines) is 1. The van der Waals surface area contributed by atoms with E-state index in [1.165, 1.54) is 12.3 Å². The van der Waals surface area contributed by atoms with Crippen LogP contribution in [0.1, 0.15) is 18.9 Å². The number of pyridine rings is 1. The average Bonchev–Trinajstić information content (AvgIpc) is 3.15. The molecule has 1 unspecified atom stereocenters. The van der Waals surface area contributed by atoms with E-state index in [0.29, 0.717) is 11.4 Å². The Morgan fingerprint density at radius 2 is 2.17 bits per heavy atom. The van der Waals surface area contributed by atoms with Gasteiger partial charge in [0.15, 0.2) is 6.61 Å². The summed E-state index contributed by atoms with van der Waals surface area (Å²) in [6.45, 7) is 0.392. The van der Waals surface area contributed by atoms with Crippen molar-refractivity contribution in [3.8, 4) is 17.4 Å². The average molecular weight is 408 g/mol. The molecule has 0 radical (unpaired) electrons. The smallest absolute Gasteiger partial charge is 0.422 e. The number of hydrogen-bond acceptors (Lipinski definition) is 6. The number of nitrogens with one attached hydrogen (secondary N) is 1. The molecule has 0 aliphatic carbocycles. The van der Waals surface area contributed by atoms with Gasteiger partial charge in [0.1, 0.15) is 16.9 Å². The Morgan fingerprint density at radius 3 is 2.93 bits per heavy atom. The number of likely N-dealkylation sites (N-methyl/N-ethyl adjacent to an activating group) is 1. The van der Waals surface area contributed by atoms with Gasteiger partial charge in [-0.3, -0.25) is 14.8 Å². The van der Waals surface area contributed by atoms with E-state index in [9.17, 15) is 18.0 Å². The molecule has 0 saturated carbocycles. The maximum atomic E-state index is 12.4. The van der Waals surface area contributed by atoms with Gasteiger partial charge in [0.25, 0.3) is 11.6 Å². The third-order valence-corrected chi connectivity index (χ3v) is 4.84. The fourth-order valence-electron chi connectivity index (χ4n) is 3.49.